The van der Waals surface area contributed by atoms with E-state index in [0.717, 1.165) is 5.56 Å². The van der Waals surface area contributed by atoms with Gasteiger partial charge in [0.15, 0.2) is 0 Å². The fourth-order valence-corrected chi connectivity index (χ4v) is 1.26. The number of aliphatic hydroxyl groups excluding tert-OH is 1. The molecule has 4 nitrogen and oxygen atoms in total. The Morgan fingerprint density at radius 3 is 2.50 bits per heavy atom. The summed E-state index contributed by atoms with van der Waals surface area (Å²) in [5.41, 5.74) is 1.72. The van der Waals surface area contributed by atoms with Crippen molar-refractivity contribution >= 4 is 11.6 Å². The Labute approximate surface area is 104 Å². The topological polar surface area (TPSA) is 61.4 Å². The summed E-state index contributed by atoms with van der Waals surface area (Å²) in [5.74, 6) is -0.347. The lowest BCUT2D eigenvalue weighted by molar-refractivity contribution is -0.115. The number of benzene rings is 1. The van der Waals surface area contributed by atoms with Gasteiger partial charge in [0.2, 0.25) is 5.91 Å². The Bertz CT molecular complexity index is 382. The van der Waals surface area contributed by atoms with E-state index >= 15 is 0 Å². The first-order chi connectivity index (χ1) is 8.49. The Balaban J connectivity index is 2.27. The van der Waals surface area contributed by atoms with Crippen molar-refractivity contribution in [1.29, 1.82) is 0 Å². The molecule has 0 aliphatic carbocycles. The Hall–Kier alpha value is -1.53. The van der Waals surface area contributed by atoms with E-state index in [1.54, 1.807) is 12.1 Å². The maximum atomic E-state index is 11.9. The minimum absolute atomic E-state index is 0.127. The molecule has 0 aliphatic heterocycles. The molecule has 0 spiro atoms. The second-order valence-corrected chi connectivity index (χ2v) is 3.95. The van der Waals surface area contributed by atoms with Gasteiger partial charge in [0.05, 0.1) is 6.54 Å². The minimum atomic E-state index is -2.81. The molecule has 0 radical (unpaired) electrons. The standard InChI is InChI=1S/C12H16F2N2O2/c1-8-2-4-9(5-3-8)16-11(18)7-15-6-10(17)12(13)14/h2-5,10,12,15,17H,6-7H2,1H3,(H,16,18). The summed E-state index contributed by atoms with van der Waals surface area (Å²) < 4.78 is 23.9. The van der Waals surface area contributed by atoms with E-state index < -0.39 is 12.5 Å². The smallest absolute Gasteiger partial charge is 0.265 e. The molecule has 6 heteroatoms. The average Bonchev–Trinajstić information content (AvgIpc) is 2.32. The molecule has 18 heavy (non-hydrogen) atoms. The highest BCUT2D eigenvalue weighted by molar-refractivity contribution is 5.92. The molecule has 1 unspecified atom stereocenters. The molecule has 1 rings (SSSR count). The summed E-state index contributed by atoms with van der Waals surface area (Å²) in [6.07, 6.45) is -4.56. The van der Waals surface area contributed by atoms with Gasteiger partial charge in [0.25, 0.3) is 6.43 Å². The van der Waals surface area contributed by atoms with Crippen LogP contribution < -0.4 is 10.6 Å². The SMILES string of the molecule is Cc1ccc(NC(=O)CNCC(O)C(F)F)cc1. The van der Waals surface area contributed by atoms with Crippen LogP contribution in [0.4, 0.5) is 14.5 Å². The summed E-state index contributed by atoms with van der Waals surface area (Å²) in [4.78, 5) is 11.4. The number of hydrogen-bond acceptors (Lipinski definition) is 3. The minimum Gasteiger partial charge on any atom is -0.386 e. The zero-order chi connectivity index (χ0) is 13.5. The molecule has 1 aromatic carbocycles. The zero-order valence-electron chi connectivity index (χ0n) is 9.99. The van der Waals surface area contributed by atoms with E-state index in [9.17, 15) is 13.6 Å². The van der Waals surface area contributed by atoms with Crippen LogP contribution in [0.3, 0.4) is 0 Å². The summed E-state index contributed by atoms with van der Waals surface area (Å²) in [5, 5.41) is 13.9. The first-order valence-electron chi connectivity index (χ1n) is 5.52. The second-order valence-electron chi connectivity index (χ2n) is 3.95. The molecule has 0 saturated heterocycles. The van der Waals surface area contributed by atoms with Crippen LogP contribution in [0.25, 0.3) is 0 Å². The molecule has 1 amide bonds. The molecule has 1 aromatic rings. The maximum absolute atomic E-state index is 11.9. The summed E-state index contributed by atoms with van der Waals surface area (Å²) in [6, 6.07) is 7.20. The van der Waals surface area contributed by atoms with Gasteiger partial charge < -0.3 is 15.7 Å². The van der Waals surface area contributed by atoms with Gasteiger partial charge in [-0.15, -0.1) is 0 Å². The lowest BCUT2D eigenvalue weighted by Crippen LogP contribution is -2.36. The van der Waals surface area contributed by atoms with Crippen LogP contribution in [0, 0.1) is 6.92 Å². The predicted molar refractivity (Wildman–Crippen MR) is 64.7 cm³/mol. The van der Waals surface area contributed by atoms with E-state index in [2.05, 4.69) is 10.6 Å². The summed E-state index contributed by atoms with van der Waals surface area (Å²) in [7, 11) is 0. The Morgan fingerprint density at radius 1 is 1.33 bits per heavy atom. The number of rotatable bonds is 6. The average molecular weight is 258 g/mol. The molecule has 1 atom stereocenters. The molecule has 0 aromatic heterocycles. The molecule has 0 aliphatic rings. The van der Waals surface area contributed by atoms with Gasteiger partial charge >= 0.3 is 0 Å². The molecule has 0 saturated carbocycles. The monoisotopic (exact) mass is 258 g/mol. The highest BCUT2D eigenvalue weighted by Crippen LogP contribution is 2.07. The quantitative estimate of drug-likeness (QED) is 0.717. The van der Waals surface area contributed by atoms with E-state index in [1.807, 2.05) is 19.1 Å². The van der Waals surface area contributed by atoms with Crippen LogP contribution >= 0.6 is 0 Å². The fourth-order valence-electron chi connectivity index (χ4n) is 1.26. The van der Waals surface area contributed by atoms with Crippen molar-refractivity contribution in [3.05, 3.63) is 29.8 Å². The van der Waals surface area contributed by atoms with Gasteiger partial charge in [0.1, 0.15) is 6.10 Å². The molecule has 0 bridgehead atoms. The summed E-state index contributed by atoms with van der Waals surface area (Å²) in [6.45, 7) is 1.48. The number of aryl methyl sites for hydroxylation is 1. The van der Waals surface area contributed by atoms with Crippen LogP contribution in [0.15, 0.2) is 24.3 Å². The van der Waals surface area contributed by atoms with E-state index in [1.165, 1.54) is 0 Å². The van der Waals surface area contributed by atoms with Crippen molar-refractivity contribution in [1.82, 2.24) is 5.32 Å². The third-order valence-corrected chi connectivity index (χ3v) is 2.27. The van der Waals surface area contributed by atoms with Crippen molar-refractivity contribution in [2.45, 2.75) is 19.5 Å². The lowest BCUT2D eigenvalue weighted by atomic mass is 10.2. The van der Waals surface area contributed by atoms with Crippen LogP contribution in [-0.4, -0.2) is 36.6 Å². The maximum Gasteiger partial charge on any atom is 0.265 e. The largest absolute Gasteiger partial charge is 0.386 e. The van der Waals surface area contributed by atoms with Gasteiger partial charge in [-0.05, 0) is 19.1 Å². The fraction of sp³-hybridized carbons (Fsp3) is 0.417. The number of nitrogens with one attached hydrogen (secondary N) is 2. The second kappa shape index (κ2) is 7.03. The summed E-state index contributed by atoms with van der Waals surface area (Å²) >= 11 is 0. The van der Waals surface area contributed by atoms with Crippen LogP contribution in [0.5, 0.6) is 0 Å². The lowest BCUT2D eigenvalue weighted by Gasteiger charge is -2.10. The Morgan fingerprint density at radius 2 is 1.94 bits per heavy atom. The van der Waals surface area contributed by atoms with Crippen LogP contribution in [0.1, 0.15) is 5.56 Å². The van der Waals surface area contributed by atoms with Crippen molar-refractivity contribution < 1.29 is 18.7 Å². The number of halogens is 2. The number of carbonyl (C=O) groups is 1. The zero-order valence-corrected chi connectivity index (χ0v) is 9.99. The van der Waals surface area contributed by atoms with Crippen LogP contribution in [-0.2, 0) is 4.79 Å². The van der Waals surface area contributed by atoms with Gasteiger partial charge in [-0.2, -0.15) is 0 Å². The molecule has 3 N–H and O–H groups in total. The highest BCUT2D eigenvalue weighted by Gasteiger charge is 2.16. The van der Waals surface area contributed by atoms with Crippen molar-refractivity contribution in [2.75, 3.05) is 18.4 Å². The van der Waals surface area contributed by atoms with Gasteiger partial charge in [-0.1, -0.05) is 17.7 Å². The molecule has 0 heterocycles. The van der Waals surface area contributed by atoms with Crippen molar-refractivity contribution in [3.8, 4) is 0 Å². The Kier molecular flexibility index (Phi) is 5.67. The van der Waals surface area contributed by atoms with Crippen molar-refractivity contribution in [2.24, 2.45) is 0 Å². The first-order valence-corrected chi connectivity index (χ1v) is 5.52. The number of anilines is 1. The highest BCUT2D eigenvalue weighted by atomic mass is 19.3. The van der Waals surface area contributed by atoms with E-state index in [-0.39, 0.29) is 19.0 Å². The third kappa shape index (κ3) is 5.20. The predicted octanol–water partition coefficient (Wildman–Crippen LogP) is 1.15. The van der Waals surface area contributed by atoms with E-state index in [0.29, 0.717) is 5.69 Å². The normalized spacial score (nSPS) is 12.5. The number of hydrogen-bond donors (Lipinski definition) is 3. The molecule has 100 valence electrons. The molecular weight excluding hydrogens is 242 g/mol. The number of alkyl halides is 2. The molecule has 0 fully saturated rings. The third-order valence-electron chi connectivity index (χ3n) is 2.27. The number of aliphatic hydroxyl groups is 1. The number of carbonyl (C=O) groups excluding carboxylic acids is 1. The number of amides is 1. The van der Waals surface area contributed by atoms with Gasteiger partial charge in [-0.25, -0.2) is 8.78 Å². The van der Waals surface area contributed by atoms with Gasteiger partial charge in [-0.3, -0.25) is 4.79 Å². The van der Waals surface area contributed by atoms with E-state index in [4.69, 9.17) is 5.11 Å². The van der Waals surface area contributed by atoms with Gasteiger partial charge in [0, 0.05) is 12.2 Å². The van der Waals surface area contributed by atoms with Crippen molar-refractivity contribution in [3.63, 3.8) is 0 Å². The molecular formula is C12H16F2N2O2. The first kappa shape index (κ1) is 14.5. The van der Waals surface area contributed by atoms with Crippen LogP contribution in [0.2, 0.25) is 0 Å².